The first-order valence-corrected chi connectivity index (χ1v) is 13.5. The van der Waals surface area contributed by atoms with Gasteiger partial charge in [0.25, 0.3) is 0 Å². The van der Waals surface area contributed by atoms with Crippen LogP contribution >= 0.6 is 39.0 Å². The molecule has 0 saturated carbocycles. The van der Waals surface area contributed by atoms with Gasteiger partial charge in [-0.3, -0.25) is 4.79 Å². The molecular formula is C25H23BrN4O4S2. The number of thioether (sulfide) groups is 1. The molecule has 11 heteroatoms. The Morgan fingerprint density at radius 2 is 1.86 bits per heavy atom. The summed E-state index contributed by atoms with van der Waals surface area (Å²) in [6.07, 6.45) is -0.336. The molecule has 0 aliphatic heterocycles. The number of hydrogen-bond acceptors (Lipinski definition) is 8. The molecule has 1 N–H and O–H groups in total. The maximum absolute atomic E-state index is 12.8. The van der Waals surface area contributed by atoms with Crippen LogP contribution in [-0.4, -0.2) is 39.5 Å². The summed E-state index contributed by atoms with van der Waals surface area (Å²) >= 11 is 5.94. The third-order valence-electron chi connectivity index (χ3n) is 5.21. The van der Waals surface area contributed by atoms with Crippen LogP contribution in [0, 0.1) is 0 Å². The van der Waals surface area contributed by atoms with Crippen LogP contribution in [0.1, 0.15) is 29.2 Å². The Morgan fingerprint density at radius 1 is 1.14 bits per heavy atom. The van der Waals surface area contributed by atoms with Crippen LogP contribution in [0.2, 0.25) is 0 Å². The summed E-state index contributed by atoms with van der Waals surface area (Å²) in [6.45, 7) is 1.89. The van der Waals surface area contributed by atoms with Crippen molar-refractivity contribution in [1.82, 2.24) is 14.8 Å². The van der Waals surface area contributed by atoms with Crippen molar-refractivity contribution < 1.29 is 19.1 Å². The molecule has 0 aliphatic rings. The number of ether oxygens (including phenoxy) is 2. The summed E-state index contributed by atoms with van der Waals surface area (Å²) in [6, 6.07) is 17.0. The van der Waals surface area contributed by atoms with Gasteiger partial charge in [-0.25, -0.2) is 4.79 Å². The number of nitrogens with zero attached hydrogens (tertiary/aromatic N) is 3. The van der Waals surface area contributed by atoms with E-state index in [1.807, 2.05) is 73.9 Å². The Balaban J connectivity index is 1.41. The first kappa shape index (κ1) is 25.9. The number of methoxy groups -OCH3 is 1. The highest BCUT2D eigenvalue weighted by Crippen LogP contribution is 2.36. The van der Waals surface area contributed by atoms with E-state index in [1.54, 1.807) is 4.57 Å². The lowest BCUT2D eigenvalue weighted by molar-refractivity contribution is -0.113. The molecule has 1 amide bonds. The fourth-order valence-corrected chi connectivity index (χ4v) is 5.41. The highest BCUT2D eigenvalue weighted by molar-refractivity contribution is 9.10. The van der Waals surface area contributed by atoms with E-state index in [1.165, 1.54) is 30.2 Å². The largest absolute Gasteiger partial charge is 0.483 e. The lowest BCUT2D eigenvalue weighted by Gasteiger charge is -2.14. The van der Waals surface area contributed by atoms with E-state index in [4.69, 9.17) is 9.47 Å². The van der Waals surface area contributed by atoms with E-state index in [0.717, 1.165) is 15.8 Å². The molecule has 186 valence electrons. The number of rotatable bonds is 9. The molecule has 1 unspecified atom stereocenters. The fourth-order valence-electron chi connectivity index (χ4n) is 3.45. The lowest BCUT2D eigenvalue weighted by atomic mass is 10.0. The maximum Gasteiger partial charge on any atom is 0.341 e. The highest BCUT2D eigenvalue weighted by atomic mass is 79.9. The average molecular weight is 588 g/mol. The topological polar surface area (TPSA) is 95.3 Å². The standard InChI is InChI=1S/C25H23BrN4O4S2/c1-15(34-18-11-9-17(26)10-12-18)22-28-29-25(30(22)2)36-14-20(31)27-23-21(24(32)33-3)19(13-35-23)16-7-5-4-6-8-16/h4-13,15H,14H2,1-3H3,(H,27,31). The molecule has 4 rings (SSSR count). The van der Waals surface area contributed by atoms with Crippen LogP contribution in [0.3, 0.4) is 0 Å². The zero-order valence-corrected chi connectivity index (χ0v) is 22.9. The van der Waals surface area contributed by atoms with Crippen LogP contribution in [0.4, 0.5) is 5.00 Å². The van der Waals surface area contributed by atoms with Crippen LogP contribution in [0.25, 0.3) is 11.1 Å². The molecule has 2 heterocycles. The van der Waals surface area contributed by atoms with Crippen molar-refractivity contribution in [2.45, 2.75) is 18.2 Å². The molecule has 1 atom stereocenters. The van der Waals surface area contributed by atoms with Gasteiger partial charge in [-0.15, -0.1) is 21.5 Å². The molecule has 2 aromatic heterocycles. The van der Waals surface area contributed by atoms with E-state index < -0.39 is 5.97 Å². The van der Waals surface area contributed by atoms with Crippen molar-refractivity contribution in [2.75, 3.05) is 18.2 Å². The van der Waals surface area contributed by atoms with Crippen molar-refractivity contribution in [3.05, 3.63) is 75.8 Å². The minimum Gasteiger partial charge on any atom is -0.483 e. The molecule has 4 aromatic rings. The Labute approximate surface area is 225 Å². The minimum atomic E-state index is -0.504. The Bertz CT molecular complexity index is 1360. The van der Waals surface area contributed by atoms with Crippen molar-refractivity contribution in [3.8, 4) is 16.9 Å². The summed E-state index contributed by atoms with van der Waals surface area (Å²) in [5, 5.41) is 14.2. The number of aromatic nitrogens is 3. The Kier molecular flexibility index (Phi) is 8.44. The second-order valence-corrected chi connectivity index (χ2v) is 10.4. The molecule has 0 saturated heterocycles. The van der Waals surface area contributed by atoms with Crippen LogP contribution in [0.5, 0.6) is 5.75 Å². The zero-order chi connectivity index (χ0) is 25.7. The third kappa shape index (κ3) is 5.97. The second kappa shape index (κ2) is 11.7. The molecule has 0 bridgehead atoms. The van der Waals surface area contributed by atoms with E-state index in [2.05, 4.69) is 31.4 Å². The molecule has 2 aromatic carbocycles. The van der Waals surface area contributed by atoms with Crippen LogP contribution in [0.15, 0.2) is 69.6 Å². The van der Waals surface area contributed by atoms with Gasteiger partial charge in [-0.05, 0) is 36.8 Å². The highest BCUT2D eigenvalue weighted by Gasteiger charge is 2.23. The van der Waals surface area contributed by atoms with Gasteiger partial charge in [0, 0.05) is 22.5 Å². The second-order valence-electron chi connectivity index (χ2n) is 7.66. The zero-order valence-electron chi connectivity index (χ0n) is 19.7. The van der Waals surface area contributed by atoms with E-state index in [-0.39, 0.29) is 17.8 Å². The third-order valence-corrected chi connectivity index (χ3v) is 7.65. The van der Waals surface area contributed by atoms with Gasteiger partial charge in [0.1, 0.15) is 16.3 Å². The van der Waals surface area contributed by atoms with Gasteiger partial charge in [0.2, 0.25) is 5.91 Å². The number of carbonyl (C=O) groups excluding carboxylic acids is 2. The fraction of sp³-hybridized carbons (Fsp3) is 0.200. The van der Waals surface area contributed by atoms with Crippen molar-refractivity contribution in [1.29, 1.82) is 0 Å². The number of thiophene rings is 1. The predicted molar refractivity (Wildman–Crippen MR) is 145 cm³/mol. The smallest absolute Gasteiger partial charge is 0.341 e. The normalized spacial score (nSPS) is 11.7. The maximum atomic E-state index is 12.8. The first-order chi connectivity index (χ1) is 17.4. The van der Waals surface area contributed by atoms with Gasteiger partial charge in [-0.1, -0.05) is 58.0 Å². The molecule has 0 radical (unpaired) electrons. The monoisotopic (exact) mass is 586 g/mol. The number of hydrogen-bond donors (Lipinski definition) is 1. The quantitative estimate of drug-likeness (QED) is 0.191. The predicted octanol–water partition coefficient (Wildman–Crippen LogP) is 5.96. The molecule has 36 heavy (non-hydrogen) atoms. The van der Waals surface area contributed by atoms with Gasteiger partial charge in [0.15, 0.2) is 17.1 Å². The van der Waals surface area contributed by atoms with Crippen LogP contribution < -0.4 is 10.1 Å². The van der Waals surface area contributed by atoms with Crippen molar-refractivity contribution in [2.24, 2.45) is 7.05 Å². The van der Waals surface area contributed by atoms with Gasteiger partial charge >= 0.3 is 5.97 Å². The lowest BCUT2D eigenvalue weighted by Crippen LogP contribution is -2.16. The number of amides is 1. The number of nitrogens with one attached hydrogen (secondary N) is 1. The van der Waals surface area contributed by atoms with Crippen LogP contribution in [-0.2, 0) is 16.6 Å². The number of carbonyl (C=O) groups is 2. The molecular weight excluding hydrogens is 564 g/mol. The van der Waals surface area contributed by atoms with Gasteiger partial charge < -0.3 is 19.4 Å². The average Bonchev–Trinajstić information content (AvgIpc) is 3.47. The van der Waals surface area contributed by atoms with E-state index >= 15 is 0 Å². The summed E-state index contributed by atoms with van der Waals surface area (Å²) in [7, 11) is 3.15. The number of esters is 1. The number of halogens is 1. The summed E-state index contributed by atoms with van der Waals surface area (Å²) in [4.78, 5) is 25.3. The molecule has 0 fully saturated rings. The van der Waals surface area contributed by atoms with Gasteiger partial charge in [0.05, 0.1) is 12.9 Å². The summed E-state index contributed by atoms with van der Waals surface area (Å²) in [5.41, 5.74) is 1.93. The Hall–Kier alpha value is -3.15. The first-order valence-electron chi connectivity index (χ1n) is 10.9. The number of benzene rings is 2. The summed E-state index contributed by atoms with van der Waals surface area (Å²) < 4.78 is 13.7. The summed E-state index contributed by atoms with van der Waals surface area (Å²) in [5.74, 6) is 0.674. The van der Waals surface area contributed by atoms with E-state index in [9.17, 15) is 9.59 Å². The van der Waals surface area contributed by atoms with Gasteiger partial charge in [-0.2, -0.15) is 0 Å². The molecule has 0 aliphatic carbocycles. The molecule has 8 nitrogen and oxygen atoms in total. The SMILES string of the molecule is COC(=O)c1c(-c2ccccc2)csc1NC(=O)CSc1nnc(C(C)Oc2ccc(Br)cc2)n1C. The Morgan fingerprint density at radius 3 is 2.56 bits per heavy atom. The van der Waals surface area contributed by atoms with E-state index in [0.29, 0.717) is 27.1 Å². The molecule has 0 spiro atoms. The van der Waals surface area contributed by atoms with Crippen molar-refractivity contribution >= 4 is 55.9 Å². The minimum absolute atomic E-state index is 0.0904. The number of anilines is 1. The van der Waals surface area contributed by atoms with Crippen molar-refractivity contribution in [3.63, 3.8) is 0 Å².